The van der Waals surface area contributed by atoms with Gasteiger partial charge in [0, 0.05) is 18.0 Å². The summed E-state index contributed by atoms with van der Waals surface area (Å²) in [7, 11) is -3.58. The molecular weight excluding hydrogens is 477 g/mol. The number of nitriles is 1. The van der Waals surface area contributed by atoms with Crippen molar-refractivity contribution in [2.24, 2.45) is 11.8 Å². The van der Waals surface area contributed by atoms with E-state index >= 15 is 0 Å². The first-order valence-corrected chi connectivity index (χ1v) is 12.5. The van der Waals surface area contributed by atoms with Gasteiger partial charge >= 0.3 is 6.18 Å². The number of anilines is 2. The zero-order valence-electron chi connectivity index (χ0n) is 18.3. The van der Waals surface area contributed by atoms with Gasteiger partial charge in [-0.1, -0.05) is 0 Å². The molecule has 34 heavy (non-hydrogen) atoms. The molecule has 9 nitrogen and oxygen atoms in total. The Morgan fingerprint density at radius 2 is 2.09 bits per heavy atom. The highest BCUT2D eigenvalue weighted by Gasteiger charge is 2.78. The summed E-state index contributed by atoms with van der Waals surface area (Å²) in [5, 5.41) is 9.19. The number of nitrogens with zero attached hydrogens (tertiary/aromatic N) is 2. The fourth-order valence-electron chi connectivity index (χ4n) is 6.30. The van der Waals surface area contributed by atoms with E-state index in [1.165, 1.54) is 19.1 Å². The minimum absolute atomic E-state index is 0.121. The number of amides is 1. The van der Waals surface area contributed by atoms with Gasteiger partial charge in [-0.2, -0.15) is 18.4 Å². The molecule has 1 spiro atoms. The van der Waals surface area contributed by atoms with Gasteiger partial charge in [0.15, 0.2) is 0 Å². The number of rotatable bonds is 4. The molecule has 1 aromatic carbocycles. The molecule has 1 amide bonds. The van der Waals surface area contributed by atoms with Gasteiger partial charge in [-0.15, -0.1) is 0 Å². The summed E-state index contributed by atoms with van der Waals surface area (Å²) in [6.45, 7) is 3.36. The van der Waals surface area contributed by atoms with Crippen LogP contribution in [0.4, 0.5) is 24.5 Å². The normalized spacial score (nSPS) is 36.6. The van der Waals surface area contributed by atoms with E-state index < -0.39 is 74.2 Å². The summed E-state index contributed by atoms with van der Waals surface area (Å²) >= 11 is 0. The summed E-state index contributed by atoms with van der Waals surface area (Å²) in [6.07, 6.45) is -5.24. The third-order valence-corrected chi connectivity index (χ3v) is 9.00. The third kappa shape index (κ3) is 3.02. The van der Waals surface area contributed by atoms with Crippen LogP contribution in [0.5, 0.6) is 0 Å². The topological polar surface area (TPSA) is 135 Å². The number of nitrogens with one attached hydrogen (secondary N) is 1. The first-order valence-electron chi connectivity index (χ1n) is 10.8. The van der Waals surface area contributed by atoms with Crippen molar-refractivity contribution >= 4 is 27.3 Å². The largest absolute Gasteiger partial charge is 0.417 e. The second-order valence-electron chi connectivity index (χ2n) is 9.44. The molecule has 0 unspecified atom stereocenters. The fraction of sp³-hybridized carbons (Fsp3) is 0.619. The zero-order chi connectivity index (χ0) is 24.8. The van der Waals surface area contributed by atoms with E-state index in [4.69, 9.17) is 15.2 Å². The number of fused-ring (bicyclic) bond motifs is 2. The second kappa shape index (κ2) is 7.07. The van der Waals surface area contributed by atoms with Gasteiger partial charge < -0.3 is 15.2 Å². The number of halogens is 3. The van der Waals surface area contributed by atoms with Crippen molar-refractivity contribution in [3.63, 3.8) is 0 Å². The first-order chi connectivity index (χ1) is 15.8. The molecule has 184 valence electrons. The molecule has 4 aliphatic rings. The number of sulfonamides is 1. The number of hydrogen-bond acceptors (Lipinski definition) is 7. The number of nitrogens with two attached hydrogens (primary N) is 1. The lowest BCUT2D eigenvalue weighted by Crippen LogP contribution is -2.61. The summed E-state index contributed by atoms with van der Waals surface area (Å²) < 4.78 is 80.7. The molecule has 2 bridgehead atoms. The Kier molecular flexibility index (Phi) is 4.85. The molecule has 4 heterocycles. The van der Waals surface area contributed by atoms with Gasteiger partial charge in [0.1, 0.15) is 12.3 Å². The van der Waals surface area contributed by atoms with E-state index in [9.17, 15) is 31.6 Å². The van der Waals surface area contributed by atoms with Gasteiger partial charge in [0.25, 0.3) is 0 Å². The minimum Gasteiger partial charge on any atom is -0.398 e. The van der Waals surface area contributed by atoms with Gasteiger partial charge in [0.2, 0.25) is 15.9 Å². The van der Waals surface area contributed by atoms with E-state index in [0.29, 0.717) is 6.42 Å². The van der Waals surface area contributed by atoms with Crippen molar-refractivity contribution in [2.45, 2.75) is 56.3 Å². The molecule has 0 radical (unpaired) electrons. The fourth-order valence-corrected chi connectivity index (χ4v) is 7.18. The molecule has 1 aromatic rings. The molecule has 0 saturated carbocycles. The van der Waals surface area contributed by atoms with E-state index in [1.54, 1.807) is 6.92 Å². The lowest BCUT2D eigenvalue weighted by molar-refractivity contribution is -0.143. The molecule has 13 heteroatoms. The van der Waals surface area contributed by atoms with Crippen LogP contribution in [0.25, 0.3) is 0 Å². The van der Waals surface area contributed by atoms with Gasteiger partial charge in [-0.25, -0.2) is 13.1 Å². The SMILES string of the molecule is CCS(=O)(=O)N[C@@H]1C[C@@]2(C)O[C@@]13CCO[C@H]1[C@@H]3[C@@H]2C(=O)N1c1cc(N)c(C#N)c(C(F)(F)F)c1. The number of carbonyl (C=O) groups is 1. The van der Waals surface area contributed by atoms with E-state index in [-0.39, 0.29) is 24.5 Å². The maximum absolute atomic E-state index is 13.7. The molecular formula is C21H23F3N4O5S. The van der Waals surface area contributed by atoms with Crippen LogP contribution in [0, 0.1) is 23.2 Å². The van der Waals surface area contributed by atoms with Crippen molar-refractivity contribution in [1.29, 1.82) is 5.26 Å². The monoisotopic (exact) mass is 500 g/mol. The van der Waals surface area contributed by atoms with Gasteiger partial charge in [0.05, 0.1) is 52.3 Å². The second-order valence-corrected chi connectivity index (χ2v) is 11.5. The first kappa shape index (κ1) is 23.3. The number of ether oxygens (including phenoxy) is 2. The Labute approximate surface area is 194 Å². The van der Waals surface area contributed by atoms with Crippen molar-refractivity contribution < 1.29 is 35.9 Å². The van der Waals surface area contributed by atoms with Crippen LogP contribution in [0.15, 0.2) is 12.1 Å². The van der Waals surface area contributed by atoms with Crippen molar-refractivity contribution in [2.75, 3.05) is 23.0 Å². The molecule has 0 aliphatic carbocycles. The molecule has 3 N–H and O–H groups in total. The average molecular weight is 500 g/mol. The van der Waals surface area contributed by atoms with Crippen LogP contribution in [0.3, 0.4) is 0 Å². The van der Waals surface area contributed by atoms with E-state index in [0.717, 1.165) is 11.0 Å². The maximum atomic E-state index is 13.7. The summed E-state index contributed by atoms with van der Waals surface area (Å²) in [4.78, 5) is 14.8. The smallest absolute Gasteiger partial charge is 0.398 e. The van der Waals surface area contributed by atoms with Crippen LogP contribution in [-0.2, 0) is 30.5 Å². The molecule has 4 aliphatic heterocycles. The Hall–Kier alpha value is -2.40. The Morgan fingerprint density at radius 3 is 2.71 bits per heavy atom. The van der Waals surface area contributed by atoms with Crippen molar-refractivity contribution in [3.05, 3.63) is 23.3 Å². The zero-order valence-corrected chi connectivity index (χ0v) is 19.2. The lowest BCUT2D eigenvalue weighted by Gasteiger charge is -2.45. The summed E-state index contributed by atoms with van der Waals surface area (Å²) in [5.74, 6) is -1.93. The summed E-state index contributed by atoms with van der Waals surface area (Å²) in [6, 6.07) is 2.79. The number of benzene rings is 1. The lowest BCUT2D eigenvalue weighted by atomic mass is 9.64. The van der Waals surface area contributed by atoms with E-state index in [2.05, 4.69) is 4.72 Å². The average Bonchev–Trinajstić information content (AvgIpc) is 3.30. The highest BCUT2D eigenvalue weighted by molar-refractivity contribution is 7.89. The van der Waals surface area contributed by atoms with Gasteiger partial charge in [-0.05, 0) is 32.4 Å². The van der Waals surface area contributed by atoms with Gasteiger partial charge in [-0.3, -0.25) is 9.69 Å². The van der Waals surface area contributed by atoms with Crippen molar-refractivity contribution in [3.8, 4) is 6.07 Å². The quantitative estimate of drug-likeness (QED) is 0.601. The van der Waals surface area contributed by atoms with E-state index in [1.807, 2.05) is 0 Å². The number of carbonyl (C=O) groups excluding carboxylic acids is 1. The van der Waals surface area contributed by atoms with Crippen LogP contribution < -0.4 is 15.4 Å². The Balaban J connectivity index is 1.61. The number of nitrogen functional groups attached to an aromatic ring is 1. The third-order valence-electron chi connectivity index (χ3n) is 7.60. The maximum Gasteiger partial charge on any atom is 0.417 e. The van der Waals surface area contributed by atoms with Crippen LogP contribution in [0.2, 0.25) is 0 Å². The Morgan fingerprint density at radius 1 is 1.38 bits per heavy atom. The molecule has 4 saturated heterocycles. The van der Waals surface area contributed by atoms with Crippen LogP contribution in [0.1, 0.15) is 37.8 Å². The number of hydrogen-bond donors (Lipinski definition) is 2. The Bertz CT molecular complexity index is 1230. The molecule has 6 atom stereocenters. The number of alkyl halides is 3. The molecule has 0 aromatic heterocycles. The molecule has 4 fully saturated rings. The predicted octanol–water partition coefficient (Wildman–Crippen LogP) is 1.72. The van der Waals surface area contributed by atoms with Crippen LogP contribution >= 0.6 is 0 Å². The summed E-state index contributed by atoms with van der Waals surface area (Å²) in [5.41, 5.74) is 1.26. The molecule has 5 rings (SSSR count). The van der Waals surface area contributed by atoms with Crippen LogP contribution in [-0.4, -0.2) is 50.2 Å². The highest BCUT2D eigenvalue weighted by Crippen LogP contribution is 2.65. The standard InChI is InChI=1S/C21H23F3N4O5S/c1-3-34(30,31)27-14-8-19(2)15-16-18(32-5-4-20(14,16)33-19)28(17(15)29)10-6-12(21(22,23)24)11(9-25)13(26)7-10/h6-7,14-16,18,27H,3-5,8,26H2,1-2H3/t14-,15-,16+,18+,19-,20+/m1/s1. The highest BCUT2D eigenvalue weighted by atomic mass is 32.2. The van der Waals surface area contributed by atoms with Crippen molar-refractivity contribution in [1.82, 2.24) is 4.72 Å². The predicted molar refractivity (Wildman–Crippen MR) is 113 cm³/mol. The minimum atomic E-state index is -4.86.